The zero-order valence-electron chi connectivity index (χ0n) is 12.4. The van der Waals surface area contributed by atoms with E-state index in [-0.39, 0.29) is 11.4 Å². The summed E-state index contributed by atoms with van der Waals surface area (Å²) in [5, 5.41) is 3.19. The maximum atomic E-state index is 12.4. The summed E-state index contributed by atoms with van der Waals surface area (Å²) in [5.41, 5.74) is 1.76. The molecule has 2 rings (SSSR count). The lowest BCUT2D eigenvalue weighted by Gasteiger charge is -2.38. The Morgan fingerprint density at radius 3 is 2.40 bits per heavy atom. The number of hydrogen-bond donors (Lipinski definition) is 1. The van der Waals surface area contributed by atoms with Gasteiger partial charge in [-0.2, -0.15) is 0 Å². The van der Waals surface area contributed by atoms with Crippen LogP contribution in [-0.2, 0) is 6.42 Å². The molecule has 2 nitrogen and oxygen atoms in total. The highest BCUT2D eigenvalue weighted by Gasteiger charge is 2.34. The summed E-state index contributed by atoms with van der Waals surface area (Å²) >= 11 is 6.15. The van der Waals surface area contributed by atoms with E-state index in [1.807, 2.05) is 24.3 Å². The number of aryl methyl sites for hydroxylation is 1. The molecule has 1 aliphatic carbocycles. The van der Waals surface area contributed by atoms with Crippen molar-refractivity contribution in [2.24, 2.45) is 5.92 Å². The third-order valence-corrected chi connectivity index (χ3v) is 5.00. The second kappa shape index (κ2) is 6.62. The molecule has 0 aliphatic heterocycles. The molecule has 1 amide bonds. The standard InChI is InChI=1S/C17H24ClNO/c1-3-14-4-6-15(7-5-14)16(20)19-17(12-18)10-8-13(2)9-11-17/h4-7,13H,3,8-12H2,1-2H3,(H,19,20). The van der Waals surface area contributed by atoms with Crippen molar-refractivity contribution in [3.63, 3.8) is 0 Å². The zero-order valence-corrected chi connectivity index (χ0v) is 13.2. The van der Waals surface area contributed by atoms with Gasteiger partial charge >= 0.3 is 0 Å². The maximum absolute atomic E-state index is 12.4. The third-order valence-electron chi connectivity index (χ3n) is 4.49. The fourth-order valence-electron chi connectivity index (χ4n) is 2.81. The largest absolute Gasteiger partial charge is 0.345 e. The van der Waals surface area contributed by atoms with Crippen LogP contribution in [0.4, 0.5) is 0 Å². The second-order valence-electron chi connectivity index (χ2n) is 6.10. The van der Waals surface area contributed by atoms with E-state index in [4.69, 9.17) is 11.6 Å². The van der Waals surface area contributed by atoms with E-state index in [1.165, 1.54) is 5.56 Å². The predicted octanol–water partition coefficient (Wildman–Crippen LogP) is 4.17. The van der Waals surface area contributed by atoms with E-state index in [2.05, 4.69) is 19.2 Å². The molecule has 0 saturated heterocycles. The SMILES string of the molecule is CCc1ccc(C(=O)NC2(CCl)CCC(C)CC2)cc1. The number of carbonyl (C=O) groups excluding carboxylic acids is 1. The number of nitrogens with one attached hydrogen (secondary N) is 1. The van der Waals surface area contributed by atoms with Crippen molar-refractivity contribution in [2.75, 3.05) is 5.88 Å². The lowest BCUT2D eigenvalue weighted by molar-refractivity contribution is 0.0872. The molecule has 0 unspecified atom stereocenters. The Morgan fingerprint density at radius 1 is 1.30 bits per heavy atom. The molecule has 0 spiro atoms. The molecule has 1 fully saturated rings. The van der Waals surface area contributed by atoms with E-state index < -0.39 is 0 Å². The Morgan fingerprint density at radius 2 is 1.90 bits per heavy atom. The minimum Gasteiger partial charge on any atom is -0.345 e. The number of hydrogen-bond acceptors (Lipinski definition) is 1. The van der Waals surface area contributed by atoms with Gasteiger partial charge in [0.2, 0.25) is 0 Å². The number of alkyl halides is 1. The van der Waals surface area contributed by atoms with Crippen molar-refractivity contribution >= 4 is 17.5 Å². The molecule has 1 aromatic rings. The Balaban J connectivity index is 2.04. The topological polar surface area (TPSA) is 29.1 Å². The number of carbonyl (C=O) groups is 1. The lowest BCUT2D eigenvalue weighted by atomic mass is 9.78. The van der Waals surface area contributed by atoms with Crippen LogP contribution < -0.4 is 5.32 Å². The smallest absolute Gasteiger partial charge is 0.251 e. The highest BCUT2D eigenvalue weighted by atomic mass is 35.5. The summed E-state index contributed by atoms with van der Waals surface area (Å²) in [7, 11) is 0. The van der Waals surface area contributed by atoms with Gasteiger partial charge in [-0.1, -0.05) is 26.0 Å². The van der Waals surface area contributed by atoms with Crippen LogP contribution in [0.1, 0.15) is 55.5 Å². The van der Waals surface area contributed by atoms with Crippen LogP contribution in [0.2, 0.25) is 0 Å². The van der Waals surface area contributed by atoms with Crippen LogP contribution in [0.5, 0.6) is 0 Å². The number of benzene rings is 1. The molecule has 3 heteroatoms. The van der Waals surface area contributed by atoms with Crippen LogP contribution in [0.25, 0.3) is 0 Å². The van der Waals surface area contributed by atoms with E-state index in [0.717, 1.165) is 43.6 Å². The van der Waals surface area contributed by atoms with Crippen molar-refractivity contribution in [3.8, 4) is 0 Å². The molecule has 20 heavy (non-hydrogen) atoms. The molecule has 1 N–H and O–H groups in total. The number of amides is 1. The van der Waals surface area contributed by atoms with Gasteiger partial charge in [0.15, 0.2) is 0 Å². The van der Waals surface area contributed by atoms with Crippen molar-refractivity contribution in [2.45, 2.75) is 51.5 Å². The van der Waals surface area contributed by atoms with Crippen LogP contribution in [0.15, 0.2) is 24.3 Å². The quantitative estimate of drug-likeness (QED) is 0.830. The van der Waals surface area contributed by atoms with Gasteiger partial charge in [-0.25, -0.2) is 0 Å². The molecule has 0 aromatic heterocycles. The zero-order chi connectivity index (χ0) is 14.6. The van der Waals surface area contributed by atoms with Gasteiger partial charge in [-0.3, -0.25) is 4.79 Å². The summed E-state index contributed by atoms with van der Waals surface area (Å²) in [5.74, 6) is 1.24. The molecule has 1 saturated carbocycles. The van der Waals surface area contributed by atoms with Crippen LogP contribution in [0.3, 0.4) is 0 Å². The number of halogens is 1. The Bertz CT molecular complexity index is 447. The Kier molecular flexibility index (Phi) is 5.09. The minimum absolute atomic E-state index is 0.00264. The molecule has 0 bridgehead atoms. The minimum atomic E-state index is -0.214. The molecular formula is C17H24ClNO. The molecule has 0 heterocycles. The van der Waals surface area contributed by atoms with Crippen molar-refractivity contribution in [1.29, 1.82) is 0 Å². The van der Waals surface area contributed by atoms with Crippen molar-refractivity contribution in [3.05, 3.63) is 35.4 Å². The number of rotatable bonds is 4. The van der Waals surface area contributed by atoms with Crippen molar-refractivity contribution < 1.29 is 4.79 Å². The van der Waals surface area contributed by atoms with Crippen LogP contribution in [0, 0.1) is 5.92 Å². The summed E-state index contributed by atoms with van der Waals surface area (Å²) in [6, 6.07) is 7.85. The average molecular weight is 294 g/mol. The molecule has 0 radical (unpaired) electrons. The highest BCUT2D eigenvalue weighted by molar-refractivity contribution is 6.19. The van der Waals surface area contributed by atoms with Crippen LogP contribution in [-0.4, -0.2) is 17.3 Å². The summed E-state index contributed by atoms with van der Waals surface area (Å²) < 4.78 is 0. The summed E-state index contributed by atoms with van der Waals surface area (Å²) in [6.45, 7) is 4.38. The summed E-state index contributed by atoms with van der Waals surface area (Å²) in [4.78, 5) is 12.4. The first-order valence-corrected chi connectivity index (χ1v) is 8.09. The van der Waals surface area contributed by atoms with Crippen LogP contribution >= 0.6 is 11.6 Å². The lowest BCUT2D eigenvalue weighted by Crippen LogP contribution is -2.52. The predicted molar refractivity (Wildman–Crippen MR) is 84.4 cm³/mol. The van der Waals surface area contributed by atoms with Gasteiger partial charge in [0.25, 0.3) is 5.91 Å². The average Bonchev–Trinajstić information content (AvgIpc) is 2.50. The second-order valence-corrected chi connectivity index (χ2v) is 6.37. The first kappa shape index (κ1) is 15.4. The van der Waals surface area contributed by atoms with E-state index >= 15 is 0 Å². The fourth-order valence-corrected chi connectivity index (χ4v) is 3.15. The van der Waals surface area contributed by atoms with Gasteiger partial charge in [-0.05, 0) is 55.7 Å². The van der Waals surface area contributed by atoms with E-state index in [9.17, 15) is 4.79 Å². The molecule has 110 valence electrons. The van der Waals surface area contributed by atoms with Gasteiger partial charge in [0, 0.05) is 11.4 Å². The molecular weight excluding hydrogens is 270 g/mol. The van der Waals surface area contributed by atoms with Crippen molar-refractivity contribution in [1.82, 2.24) is 5.32 Å². The molecule has 0 atom stereocenters. The first-order chi connectivity index (χ1) is 9.58. The highest BCUT2D eigenvalue weighted by Crippen LogP contribution is 2.33. The Hall–Kier alpha value is -1.02. The normalized spacial score (nSPS) is 26.2. The van der Waals surface area contributed by atoms with E-state index in [0.29, 0.717) is 5.88 Å². The maximum Gasteiger partial charge on any atom is 0.251 e. The fraction of sp³-hybridized carbons (Fsp3) is 0.588. The molecule has 1 aliphatic rings. The molecule has 1 aromatic carbocycles. The Labute approximate surface area is 126 Å². The van der Waals surface area contributed by atoms with Gasteiger partial charge in [0.05, 0.1) is 5.54 Å². The van der Waals surface area contributed by atoms with Gasteiger partial charge in [0.1, 0.15) is 0 Å². The van der Waals surface area contributed by atoms with Gasteiger partial charge in [-0.15, -0.1) is 11.6 Å². The third kappa shape index (κ3) is 3.54. The monoisotopic (exact) mass is 293 g/mol. The first-order valence-electron chi connectivity index (χ1n) is 7.56. The van der Waals surface area contributed by atoms with E-state index in [1.54, 1.807) is 0 Å². The summed E-state index contributed by atoms with van der Waals surface area (Å²) in [6.07, 6.45) is 5.24. The van der Waals surface area contributed by atoms with Gasteiger partial charge < -0.3 is 5.32 Å².